The number of piperidine rings is 1. The van der Waals surface area contributed by atoms with Crippen LogP contribution in [0.4, 0.5) is 0 Å². The maximum Gasteiger partial charge on any atom is 0.226 e. The van der Waals surface area contributed by atoms with E-state index in [1.54, 1.807) is 0 Å². The fraction of sp³-hybridized carbons (Fsp3) is 0.938. The molecule has 1 heterocycles. The molecular formula is C16H31ClN2O2. The monoisotopic (exact) mass is 318 g/mol. The van der Waals surface area contributed by atoms with Crippen molar-refractivity contribution in [1.29, 1.82) is 0 Å². The van der Waals surface area contributed by atoms with Gasteiger partial charge >= 0.3 is 0 Å². The van der Waals surface area contributed by atoms with Crippen LogP contribution in [0.1, 0.15) is 52.4 Å². The third-order valence-electron chi connectivity index (χ3n) is 4.88. The fourth-order valence-corrected chi connectivity index (χ4v) is 3.26. The Morgan fingerprint density at radius 3 is 2.19 bits per heavy atom. The van der Waals surface area contributed by atoms with Gasteiger partial charge in [0.1, 0.15) is 0 Å². The molecule has 1 atom stereocenters. The minimum absolute atomic E-state index is 0. The first kappa shape index (κ1) is 18.7. The van der Waals surface area contributed by atoms with Crippen LogP contribution >= 0.6 is 12.4 Å². The van der Waals surface area contributed by atoms with Crippen molar-refractivity contribution in [2.24, 2.45) is 17.6 Å². The number of amides is 1. The zero-order valence-electron chi connectivity index (χ0n) is 13.4. The van der Waals surface area contributed by atoms with Gasteiger partial charge in [-0.3, -0.25) is 4.79 Å². The van der Waals surface area contributed by atoms with Gasteiger partial charge in [-0.1, -0.05) is 13.8 Å². The maximum absolute atomic E-state index is 12.1. The van der Waals surface area contributed by atoms with E-state index in [0.29, 0.717) is 18.8 Å². The lowest BCUT2D eigenvalue weighted by Gasteiger charge is -2.36. The first-order valence-corrected chi connectivity index (χ1v) is 8.24. The van der Waals surface area contributed by atoms with Gasteiger partial charge in [-0.15, -0.1) is 12.4 Å². The van der Waals surface area contributed by atoms with E-state index in [-0.39, 0.29) is 24.2 Å². The molecule has 1 saturated heterocycles. The van der Waals surface area contributed by atoms with Gasteiger partial charge in [0.05, 0.1) is 12.2 Å². The van der Waals surface area contributed by atoms with Crippen LogP contribution < -0.4 is 5.73 Å². The molecule has 2 fully saturated rings. The minimum atomic E-state index is -0.0488. The third-order valence-corrected chi connectivity index (χ3v) is 4.88. The summed E-state index contributed by atoms with van der Waals surface area (Å²) >= 11 is 0. The molecular weight excluding hydrogens is 288 g/mol. The predicted molar refractivity (Wildman–Crippen MR) is 87.6 cm³/mol. The molecule has 2 aliphatic rings. The quantitative estimate of drug-likeness (QED) is 0.867. The molecule has 0 aromatic heterocycles. The number of hydrogen-bond acceptors (Lipinski definition) is 3. The number of likely N-dealkylation sites (tertiary alicyclic amines) is 1. The lowest BCUT2D eigenvalue weighted by molar-refractivity contribution is -0.138. The van der Waals surface area contributed by atoms with E-state index in [4.69, 9.17) is 10.5 Å². The number of rotatable bonds is 4. The Balaban J connectivity index is 0.00000220. The van der Waals surface area contributed by atoms with Gasteiger partial charge in [-0.25, -0.2) is 0 Å². The molecule has 0 aromatic carbocycles. The highest BCUT2D eigenvalue weighted by molar-refractivity contribution is 5.85. The largest absolute Gasteiger partial charge is 0.375 e. The van der Waals surface area contributed by atoms with Crippen LogP contribution in [0.3, 0.4) is 0 Å². The van der Waals surface area contributed by atoms with Crippen molar-refractivity contribution in [2.75, 3.05) is 19.6 Å². The fourth-order valence-electron chi connectivity index (χ4n) is 3.26. The SMILES string of the molecule is CC1CCC(OC2CCN(C(=O)C(C)CN)CC2)CC1.Cl. The van der Waals surface area contributed by atoms with Crippen molar-refractivity contribution < 1.29 is 9.53 Å². The van der Waals surface area contributed by atoms with Gasteiger partial charge in [0.15, 0.2) is 0 Å². The Bertz CT molecular complexity index is 311. The number of nitrogens with zero attached hydrogens (tertiary/aromatic N) is 1. The summed E-state index contributed by atoms with van der Waals surface area (Å²) in [5.74, 6) is 1.02. The molecule has 0 spiro atoms. The molecule has 4 nitrogen and oxygen atoms in total. The summed E-state index contributed by atoms with van der Waals surface area (Å²) in [6.07, 6.45) is 7.80. The van der Waals surface area contributed by atoms with Crippen LogP contribution in [0.5, 0.6) is 0 Å². The normalized spacial score (nSPS) is 28.8. The average Bonchev–Trinajstić information content (AvgIpc) is 2.49. The molecule has 0 aromatic rings. The summed E-state index contributed by atoms with van der Waals surface area (Å²) in [5.41, 5.74) is 5.57. The second-order valence-electron chi connectivity index (χ2n) is 6.68. The summed E-state index contributed by atoms with van der Waals surface area (Å²) in [6.45, 7) is 6.34. The Hall–Kier alpha value is -0.320. The van der Waals surface area contributed by atoms with Gasteiger partial charge in [0.2, 0.25) is 5.91 Å². The van der Waals surface area contributed by atoms with Crippen molar-refractivity contribution >= 4 is 18.3 Å². The molecule has 1 unspecified atom stereocenters. The Labute approximate surface area is 135 Å². The summed E-state index contributed by atoms with van der Waals surface area (Å²) in [4.78, 5) is 14.0. The molecule has 2 N–H and O–H groups in total. The molecule has 5 heteroatoms. The second-order valence-corrected chi connectivity index (χ2v) is 6.68. The van der Waals surface area contributed by atoms with Crippen molar-refractivity contribution in [2.45, 2.75) is 64.6 Å². The van der Waals surface area contributed by atoms with E-state index >= 15 is 0 Å². The summed E-state index contributed by atoms with van der Waals surface area (Å²) in [5, 5.41) is 0. The van der Waals surface area contributed by atoms with Gasteiger partial charge in [0.25, 0.3) is 0 Å². The number of carbonyl (C=O) groups is 1. The highest BCUT2D eigenvalue weighted by atomic mass is 35.5. The van der Waals surface area contributed by atoms with Crippen molar-refractivity contribution in [3.8, 4) is 0 Å². The molecule has 1 saturated carbocycles. The number of nitrogens with two attached hydrogens (primary N) is 1. The number of hydrogen-bond donors (Lipinski definition) is 1. The van der Waals surface area contributed by atoms with E-state index in [1.807, 2.05) is 11.8 Å². The highest BCUT2D eigenvalue weighted by Crippen LogP contribution is 2.28. The number of halogens is 1. The van der Waals surface area contributed by atoms with Crippen LogP contribution in [-0.4, -0.2) is 42.6 Å². The van der Waals surface area contributed by atoms with E-state index in [2.05, 4.69) is 6.92 Å². The van der Waals surface area contributed by atoms with Crippen molar-refractivity contribution in [1.82, 2.24) is 4.90 Å². The molecule has 0 bridgehead atoms. The van der Waals surface area contributed by atoms with Gasteiger partial charge in [-0.05, 0) is 44.4 Å². The number of carbonyl (C=O) groups excluding carboxylic acids is 1. The van der Waals surface area contributed by atoms with Crippen LogP contribution in [0.2, 0.25) is 0 Å². The first-order valence-electron chi connectivity index (χ1n) is 8.24. The van der Waals surface area contributed by atoms with Crippen LogP contribution in [-0.2, 0) is 9.53 Å². The zero-order chi connectivity index (χ0) is 14.5. The molecule has 1 aliphatic heterocycles. The Morgan fingerprint density at radius 1 is 1.14 bits per heavy atom. The molecule has 2 rings (SSSR count). The van der Waals surface area contributed by atoms with Crippen molar-refractivity contribution in [3.05, 3.63) is 0 Å². The smallest absolute Gasteiger partial charge is 0.226 e. The first-order chi connectivity index (χ1) is 9.60. The topological polar surface area (TPSA) is 55.6 Å². The molecule has 124 valence electrons. The number of ether oxygens (including phenoxy) is 1. The molecule has 1 aliphatic carbocycles. The van der Waals surface area contributed by atoms with E-state index < -0.39 is 0 Å². The molecule has 1 amide bonds. The summed E-state index contributed by atoms with van der Waals surface area (Å²) < 4.78 is 6.23. The van der Waals surface area contributed by atoms with E-state index in [9.17, 15) is 4.79 Å². The predicted octanol–water partition coefficient (Wildman–Crippen LogP) is 2.59. The molecule has 0 radical (unpaired) electrons. The highest BCUT2D eigenvalue weighted by Gasteiger charge is 2.28. The van der Waals surface area contributed by atoms with Crippen molar-refractivity contribution in [3.63, 3.8) is 0 Å². The van der Waals surface area contributed by atoms with Gasteiger partial charge in [-0.2, -0.15) is 0 Å². The lowest BCUT2D eigenvalue weighted by Crippen LogP contribution is -2.45. The second kappa shape index (κ2) is 8.96. The Kier molecular flexibility index (Phi) is 7.99. The lowest BCUT2D eigenvalue weighted by atomic mass is 9.88. The van der Waals surface area contributed by atoms with Crippen LogP contribution in [0.15, 0.2) is 0 Å². The summed E-state index contributed by atoms with van der Waals surface area (Å²) in [7, 11) is 0. The molecule has 21 heavy (non-hydrogen) atoms. The minimum Gasteiger partial charge on any atom is -0.375 e. The van der Waals surface area contributed by atoms with Crippen LogP contribution in [0, 0.1) is 11.8 Å². The Morgan fingerprint density at radius 2 is 1.67 bits per heavy atom. The maximum atomic E-state index is 12.1. The summed E-state index contributed by atoms with van der Waals surface area (Å²) in [6, 6.07) is 0. The van der Waals surface area contributed by atoms with E-state index in [1.165, 1.54) is 25.7 Å². The van der Waals surface area contributed by atoms with Crippen LogP contribution in [0.25, 0.3) is 0 Å². The average molecular weight is 319 g/mol. The standard InChI is InChI=1S/C16H30N2O2.ClH/c1-12-3-5-14(6-4-12)20-15-7-9-18(10-8-15)16(19)13(2)11-17;/h12-15H,3-11,17H2,1-2H3;1H. The zero-order valence-corrected chi connectivity index (χ0v) is 14.2. The van der Waals surface area contributed by atoms with Gasteiger partial charge in [0, 0.05) is 25.6 Å². The van der Waals surface area contributed by atoms with E-state index in [0.717, 1.165) is 31.8 Å². The third kappa shape index (κ3) is 5.42. The van der Waals surface area contributed by atoms with Gasteiger partial charge < -0.3 is 15.4 Å².